The number of aliphatic carboxylic acids is 1. The van der Waals surface area contributed by atoms with Crippen LogP contribution < -0.4 is 5.73 Å². The number of nitrogens with two attached hydrogens (primary N) is 1. The molecule has 0 aliphatic carbocycles. The van der Waals surface area contributed by atoms with E-state index >= 15 is 0 Å². The van der Waals surface area contributed by atoms with Crippen LogP contribution in [-0.2, 0) is 4.79 Å². The quantitative estimate of drug-likeness (QED) is 0.761. The van der Waals surface area contributed by atoms with Gasteiger partial charge in [-0.05, 0) is 24.6 Å². The Kier molecular flexibility index (Phi) is 3.65. The van der Waals surface area contributed by atoms with E-state index in [9.17, 15) is 4.79 Å². The third-order valence-electron chi connectivity index (χ3n) is 2.33. The summed E-state index contributed by atoms with van der Waals surface area (Å²) in [6, 6.07) is 7.76. The predicted molar refractivity (Wildman–Crippen MR) is 55.2 cm³/mol. The van der Waals surface area contributed by atoms with Crippen molar-refractivity contribution in [2.75, 3.05) is 6.54 Å². The van der Waals surface area contributed by atoms with Crippen LogP contribution in [0.15, 0.2) is 24.3 Å². The Hall–Kier alpha value is -1.35. The van der Waals surface area contributed by atoms with Gasteiger partial charge in [0.1, 0.15) is 0 Å². The lowest BCUT2D eigenvalue weighted by Gasteiger charge is -2.14. The van der Waals surface area contributed by atoms with Crippen LogP contribution in [0, 0.1) is 6.92 Å². The first-order valence-electron chi connectivity index (χ1n) is 4.62. The van der Waals surface area contributed by atoms with Crippen molar-refractivity contribution in [3.8, 4) is 0 Å². The first-order valence-corrected chi connectivity index (χ1v) is 4.62. The molecule has 0 radical (unpaired) electrons. The highest BCUT2D eigenvalue weighted by Gasteiger charge is 2.14. The van der Waals surface area contributed by atoms with Crippen LogP contribution in [0.2, 0.25) is 0 Å². The van der Waals surface area contributed by atoms with Crippen LogP contribution in [0.3, 0.4) is 0 Å². The Balaban J connectivity index is 2.89. The Morgan fingerprint density at radius 2 is 2.14 bits per heavy atom. The molecule has 0 aliphatic heterocycles. The summed E-state index contributed by atoms with van der Waals surface area (Å²) in [4.78, 5) is 10.6. The van der Waals surface area contributed by atoms with Crippen molar-refractivity contribution in [2.45, 2.75) is 19.3 Å². The van der Waals surface area contributed by atoms with Gasteiger partial charge in [-0.2, -0.15) is 0 Å². The summed E-state index contributed by atoms with van der Waals surface area (Å²) in [5.41, 5.74) is 7.70. The molecule has 1 aromatic carbocycles. The SMILES string of the molecule is Cc1ccccc1C(CN)CC(=O)O. The van der Waals surface area contributed by atoms with Crippen LogP contribution in [0.1, 0.15) is 23.5 Å². The summed E-state index contributed by atoms with van der Waals surface area (Å²) in [6.45, 7) is 2.34. The smallest absolute Gasteiger partial charge is 0.304 e. The largest absolute Gasteiger partial charge is 0.481 e. The van der Waals surface area contributed by atoms with Crippen molar-refractivity contribution in [2.24, 2.45) is 5.73 Å². The van der Waals surface area contributed by atoms with Crippen molar-refractivity contribution in [3.05, 3.63) is 35.4 Å². The molecular formula is C11H15NO2. The van der Waals surface area contributed by atoms with E-state index in [-0.39, 0.29) is 12.3 Å². The zero-order chi connectivity index (χ0) is 10.6. The highest BCUT2D eigenvalue weighted by Crippen LogP contribution is 2.21. The van der Waals surface area contributed by atoms with Crippen LogP contribution in [0.4, 0.5) is 0 Å². The van der Waals surface area contributed by atoms with Crippen molar-refractivity contribution < 1.29 is 9.90 Å². The van der Waals surface area contributed by atoms with E-state index in [0.29, 0.717) is 6.54 Å². The number of hydrogen-bond donors (Lipinski definition) is 2. The maximum atomic E-state index is 10.6. The molecule has 1 aromatic rings. The average molecular weight is 193 g/mol. The number of hydrogen-bond acceptors (Lipinski definition) is 2. The van der Waals surface area contributed by atoms with Crippen molar-refractivity contribution in [1.29, 1.82) is 0 Å². The number of carboxylic acid groups (broad SMARTS) is 1. The molecule has 0 aliphatic rings. The molecule has 0 saturated heterocycles. The maximum Gasteiger partial charge on any atom is 0.304 e. The first kappa shape index (κ1) is 10.7. The lowest BCUT2D eigenvalue weighted by atomic mass is 9.92. The van der Waals surface area contributed by atoms with Gasteiger partial charge in [0.05, 0.1) is 6.42 Å². The summed E-state index contributed by atoms with van der Waals surface area (Å²) >= 11 is 0. The summed E-state index contributed by atoms with van der Waals surface area (Å²) in [6.07, 6.45) is 0.0986. The van der Waals surface area contributed by atoms with Crippen LogP contribution >= 0.6 is 0 Å². The first-order chi connectivity index (χ1) is 6.65. The molecule has 0 saturated carbocycles. The van der Waals surface area contributed by atoms with E-state index in [1.54, 1.807) is 0 Å². The molecule has 1 rings (SSSR count). The fraction of sp³-hybridized carbons (Fsp3) is 0.364. The Morgan fingerprint density at radius 3 is 2.64 bits per heavy atom. The van der Waals surface area contributed by atoms with E-state index in [2.05, 4.69) is 0 Å². The average Bonchev–Trinajstić information content (AvgIpc) is 2.15. The molecule has 3 N–H and O–H groups in total. The lowest BCUT2D eigenvalue weighted by Crippen LogP contribution is -2.17. The Labute approximate surface area is 83.6 Å². The van der Waals surface area contributed by atoms with Gasteiger partial charge in [-0.25, -0.2) is 0 Å². The van der Waals surface area contributed by atoms with Gasteiger partial charge in [0, 0.05) is 5.92 Å². The second-order valence-corrected chi connectivity index (χ2v) is 3.39. The number of aryl methyl sites for hydroxylation is 1. The summed E-state index contributed by atoms with van der Waals surface area (Å²) in [5.74, 6) is -0.877. The van der Waals surface area contributed by atoms with E-state index < -0.39 is 5.97 Å². The van der Waals surface area contributed by atoms with Gasteiger partial charge in [-0.3, -0.25) is 4.79 Å². The monoisotopic (exact) mass is 193 g/mol. The van der Waals surface area contributed by atoms with E-state index in [0.717, 1.165) is 11.1 Å². The Morgan fingerprint density at radius 1 is 1.50 bits per heavy atom. The summed E-state index contributed by atoms with van der Waals surface area (Å²) < 4.78 is 0. The van der Waals surface area contributed by atoms with Crippen LogP contribution in [0.25, 0.3) is 0 Å². The predicted octanol–water partition coefficient (Wildman–Crippen LogP) is 1.51. The van der Waals surface area contributed by atoms with Gasteiger partial charge in [0.15, 0.2) is 0 Å². The molecule has 76 valence electrons. The number of carboxylic acids is 1. The zero-order valence-electron chi connectivity index (χ0n) is 8.23. The second kappa shape index (κ2) is 4.77. The zero-order valence-corrected chi connectivity index (χ0v) is 8.23. The molecular weight excluding hydrogens is 178 g/mol. The topological polar surface area (TPSA) is 63.3 Å². The summed E-state index contributed by atoms with van der Waals surface area (Å²) in [7, 11) is 0. The molecule has 0 spiro atoms. The van der Waals surface area contributed by atoms with Crippen LogP contribution in [-0.4, -0.2) is 17.6 Å². The second-order valence-electron chi connectivity index (χ2n) is 3.39. The maximum absolute atomic E-state index is 10.6. The fourth-order valence-corrected chi connectivity index (χ4v) is 1.58. The molecule has 0 amide bonds. The molecule has 0 bridgehead atoms. The van der Waals surface area contributed by atoms with Crippen molar-refractivity contribution in [1.82, 2.24) is 0 Å². The van der Waals surface area contributed by atoms with Gasteiger partial charge < -0.3 is 10.8 Å². The number of rotatable bonds is 4. The number of carbonyl (C=O) groups is 1. The standard InChI is InChI=1S/C11H15NO2/c1-8-4-2-3-5-10(8)9(7-12)6-11(13)14/h2-5,9H,6-7,12H2,1H3,(H,13,14). The molecule has 0 fully saturated rings. The molecule has 0 heterocycles. The number of benzene rings is 1. The fourth-order valence-electron chi connectivity index (χ4n) is 1.58. The molecule has 1 atom stereocenters. The van der Waals surface area contributed by atoms with Gasteiger partial charge in [0.25, 0.3) is 0 Å². The molecule has 14 heavy (non-hydrogen) atoms. The molecule has 3 nitrogen and oxygen atoms in total. The third kappa shape index (κ3) is 2.57. The highest BCUT2D eigenvalue weighted by molar-refractivity contribution is 5.68. The Bertz CT molecular complexity index is 323. The van der Waals surface area contributed by atoms with Gasteiger partial charge in [-0.15, -0.1) is 0 Å². The normalized spacial score (nSPS) is 12.4. The third-order valence-corrected chi connectivity index (χ3v) is 2.33. The summed E-state index contributed by atoms with van der Waals surface area (Å²) in [5, 5.41) is 8.71. The minimum atomic E-state index is -0.802. The van der Waals surface area contributed by atoms with E-state index in [4.69, 9.17) is 10.8 Å². The van der Waals surface area contributed by atoms with Crippen molar-refractivity contribution in [3.63, 3.8) is 0 Å². The van der Waals surface area contributed by atoms with E-state index in [1.807, 2.05) is 31.2 Å². The minimum absolute atomic E-state index is 0.0753. The van der Waals surface area contributed by atoms with Gasteiger partial charge >= 0.3 is 5.97 Å². The highest BCUT2D eigenvalue weighted by atomic mass is 16.4. The molecule has 3 heteroatoms. The molecule has 1 unspecified atom stereocenters. The van der Waals surface area contributed by atoms with E-state index in [1.165, 1.54) is 0 Å². The lowest BCUT2D eigenvalue weighted by molar-refractivity contribution is -0.137. The minimum Gasteiger partial charge on any atom is -0.481 e. The van der Waals surface area contributed by atoms with Gasteiger partial charge in [-0.1, -0.05) is 24.3 Å². The van der Waals surface area contributed by atoms with Gasteiger partial charge in [0.2, 0.25) is 0 Å². The van der Waals surface area contributed by atoms with Crippen LogP contribution in [0.5, 0.6) is 0 Å². The van der Waals surface area contributed by atoms with Crippen molar-refractivity contribution >= 4 is 5.97 Å². The molecule has 0 aromatic heterocycles.